The average molecular weight is 420 g/mol. The van der Waals surface area contributed by atoms with Crippen molar-refractivity contribution in [2.24, 2.45) is 0 Å². The molecule has 1 aromatic heterocycles. The number of hydrogen-bond donors (Lipinski definition) is 0. The molecule has 3 aromatic rings. The summed E-state index contributed by atoms with van der Waals surface area (Å²) in [6, 6.07) is 19.7. The van der Waals surface area contributed by atoms with E-state index in [0.717, 1.165) is 22.6 Å². The Hall–Kier alpha value is -3.11. The third kappa shape index (κ3) is 4.71. The van der Waals surface area contributed by atoms with Gasteiger partial charge in [0.05, 0.1) is 17.7 Å². The van der Waals surface area contributed by atoms with Crippen molar-refractivity contribution in [2.75, 3.05) is 11.4 Å². The lowest BCUT2D eigenvalue weighted by atomic mass is 10.1. The number of carbonyl (C=O) groups excluding carboxylic acids is 1. The molecule has 2 aromatic carbocycles. The quantitative estimate of drug-likeness (QED) is 0.495. The first kappa shape index (κ1) is 21.6. The predicted molar refractivity (Wildman–Crippen MR) is 120 cm³/mol. The molecule has 0 aliphatic carbocycles. The lowest BCUT2D eigenvalue weighted by molar-refractivity contribution is -0.117. The zero-order valence-corrected chi connectivity index (χ0v) is 18.3. The van der Waals surface area contributed by atoms with Crippen LogP contribution in [0.25, 0.3) is 11.4 Å². The van der Waals surface area contributed by atoms with Crippen LogP contribution in [0.3, 0.4) is 0 Å². The molecule has 0 aliphatic heterocycles. The monoisotopic (exact) mass is 419 g/mol. The van der Waals surface area contributed by atoms with E-state index in [1.807, 2.05) is 66.9 Å². The lowest BCUT2D eigenvalue weighted by Crippen LogP contribution is -2.37. The van der Waals surface area contributed by atoms with Gasteiger partial charge in [-0.3, -0.25) is 4.79 Å². The third-order valence-corrected chi connectivity index (χ3v) is 5.90. The van der Waals surface area contributed by atoms with Gasteiger partial charge in [0.1, 0.15) is 0 Å². The Morgan fingerprint density at radius 1 is 1.17 bits per heavy atom. The van der Waals surface area contributed by atoms with Crippen LogP contribution in [-0.2, 0) is 11.3 Å². The summed E-state index contributed by atoms with van der Waals surface area (Å²) >= 11 is 1.40. The van der Waals surface area contributed by atoms with Crippen LogP contribution in [0.4, 0.5) is 5.69 Å². The number of aromatic nitrogens is 3. The molecular weight excluding hydrogens is 394 g/mol. The fourth-order valence-corrected chi connectivity index (χ4v) is 4.22. The Kier molecular flexibility index (Phi) is 7.26. The maximum absolute atomic E-state index is 13.2. The molecule has 6 nitrogen and oxygen atoms in total. The zero-order valence-electron chi connectivity index (χ0n) is 17.4. The van der Waals surface area contributed by atoms with Gasteiger partial charge >= 0.3 is 0 Å². The second-order valence-corrected chi connectivity index (χ2v) is 8.17. The highest BCUT2D eigenvalue weighted by molar-refractivity contribution is 8.00. The van der Waals surface area contributed by atoms with Gasteiger partial charge in [-0.05, 0) is 38.5 Å². The molecule has 1 amide bonds. The first-order valence-corrected chi connectivity index (χ1v) is 10.8. The number of rotatable bonds is 8. The van der Waals surface area contributed by atoms with E-state index in [-0.39, 0.29) is 17.6 Å². The molecule has 154 valence electrons. The maximum Gasteiger partial charge on any atom is 0.240 e. The summed E-state index contributed by atoms with van der Waals surface area (Å²) in [5, 5.41) is 18.1. The zero-order chi connectivity index (χ0) is 21.5. The number of nitriles is 1. The van der Waals surface area contributed by atoms with Gasteiger partial charge in [0.25, 0.3) is 0 Å². The van der Waals surface area contributed by atoms with Crippen molar-refractivity contribution < 1.29 is 4.79 Å². The molecule has 0 spiro atoms. The molecule has 1 atom stereocenters. The number of anilines is 1. The molecule has 7 heteroatoms. The SMILES string of the molecule is CCn1c(S[C@@H](C)C(=O)N(CCC#N)c2ccccc2)nnc1-c1ccccc1C. The smallest absolute Gasteiger partial charge is 0.240 e. The minimum absolute atomic E-state index is 0.0513. The Bertz CT molecular complexity index is 1040. The lowest BCUT2D eigenvalue weighted by Gasteiger charge is -2.24. The minimum Gasteiger partial charge on any atom is -0.310 e. The van der Waals surface area contributed by atoms with Crippen molar-refractivity contribution in [3.63, 3.8) is 0 Å². The van der Waals surface area contributed by atoms with Crippen molar-refractivity contribution >= 4 is 23.4 Å². The highest BCUT2D eigenvalue weighted by atomic mass is 32.2. The van der Waals surface area contributed by atoms with Crippen molar-refractivity contribution in [3.8, 4) is 17.5 Å². The van der Waals surface area contributed by atoms with Gasteiger partial charge < -0.3 is 9.47 Å². The summed E-state index contributed by atoms with van der Waals surface area (Å²) in [7, 11) is 0. The molecule has 0 saturated heterocycles. The van der Waals surface area contributed by atoms with Crippen LogP contribution in [0, 0.1) is 18.3 Å². The van der Waals surface area contributed by atoms with Crippen molar-refractivity contribution in [3.05, 3.63) is 60.2 Å². The molecule has 0 fully saturated rings. The summed E-state index contributed by atoms with van der Waals surface area (Å²) in [5.74, 6) is 0.756. The summed E-state index contributed by atoms with van der Waals surface area (Å²) in [6.45, 7) is 7.04. The van der Waals surface area contributed by atoms with Gasteiger partial charge in [-0.25, -0.2) is 0 Å². The Morgan fingerprint density at radius 2 is 1.87 bits per heavy atom. The third-order valence-electron chi connectivity index (χ3n) is 4.83. The van der Waals surface area contributed by atoms with E-state index in [1.165, 1.54) is 11.8 Å². The van der Waals surface area contributed by atoms with E-state index in [4.69, 9.17) is 5.26 Å². The topological polar surface area (TPSA) is 74.8 Å². The van der Waals surface area contributed by atoms with Gasteiger partial charge in [-0.1, -0.05) is 54.2 Å². The van der Waals surface area contributed by atoms with Crippen molar-refractivity contribution in [2.45, 2.75) is 44.1 Å². The number of para-hydroxylation sites is 1. The normalized spacial score (nSPS) is 11.7. The molecule has 0 N–H and O–H groups in total. The summed E-state index contributed by atoms with van der Waals surface area (Å²) in [6.07, 6.45) is 0.278. The molecule has 0 radical (unpaired) electrons. The molecule has 30 heavy (non-hydrogen) atoms. The average Bonchev–Trinajstić information content (AvgIpc) is 3.17. The minimum atomic E-state index is -0.372. The second kappa shape index (κ2) is 10.1. The summed E-state index contributed by atoms with van der Waals surface area (Å²) in [5.41, 5.74) is 2.97. The Labute approximate surface area is 181 Å². The number of hydrogen-bond acceptors (Lipinski definition) is 5. The van der Waals surface area contributed by atoms with E-state index < -0.39 is 0 Å². The van der Waals surface area contributed by atoms with Crippen LogP contribution in [0.2, 0.25) is 0 Å². The Balaban J connectivity index is 1.84. The van der Waals surface area contributed by atoms with Crippen LogP contribution in [0.5, 0.6) is 0 Å². The first-order chi connectivity index (χ1) is 14.6. The highest BCUT2D eigenvalue weighted by Crippen LogP contribution is 2.29. The molecule has 0 unspecified atom stereocenters. The molecule has 0 bridgehead atoms. The standard InChI is InChI=1S/C23H25N5OS/c1-4-27-21(20-14-9-8-11-17(20)2)25-26-23(27)30-18(3)22(29)28(16-10-15-24)19-12-6-5-7-13-19/h5-9,11-14,18H,4,10,16H2,1-3H3/t18-/m0/s1. The highest BCUT2D eigenvalue weighted by Gasteiger charge is 2.25. The van der Waals surface area contributed by atoms with Crippen LogP contribution >= 0.6 is 11.8 Å². The van der Waals surface area contributed by atoms with Crippen molar-refractivity contribution in [1.29, 1.82) is 5.26 Å². The number of benzene rings is 2. The molecule has 3 rings (SSSR count). The van der Waals surface area contributed by atoms with Crippen LogP contribution < -0.4 is 4.90 Å². The largest absolute Gasteiger partial charge is 0.310 e. The van der Waals surface area contributed by atoms with Gasteiger partial charge in [-0.2, -0.15) is 5.26 Å². The fourth-order valence-electron chi connectivity index (χ4n) is 3.25. The van der Waals surface area contributed by atoms with Crippen LogP contribution in [0.1, 0.15) is 25.8 Å². The van der Waals surface area contributed by atoms with E-state index in [2.05, 4.69) is 29.3 Å². The number of thioether (sulfide) groups is 1. The number of nitrogens with zero attached hydrogens (tertiary/aromatic N) is 5. The predicted octanol–water partition coefficient (Wildman–Crippen LogP) is 4.70. The van der Waals surface area contributed by atoms with E-state index >= 15 is 0 Å². The molecule has 0 aliphatic rings. The maximum atomic E-state index is 13.2. The molecular formula is C23H25N5OS. The van der Waals surface area contributed by atoms with Gasteiger partial charge in [0.2, 0.25) is 5.91 Å². The van der Waals surface area contributed by atoms with E-state index in [1.54, 1.807) is 4.90 Å². The first-order valence-electron chi connectivity index (χ1n) is 9.96. The summed E-state index contributed by atoms with van der Waals surface area (Å²) < 4.78 is 2.04. The van der Waals surface area contributed by atoms with E-state index in [0.29, 0.717) is 18.2 Å². The number of carbonyl (C=O) groups is 1. The Morgan fingerprint density at radius 3 is 2.53 bits per heavy atom. The fraction of sp³-hybridized carbons (Fsp3) is 0.304. The second-order valence-electron chi connectivity index (χ2n) is 6.86. The summed E-state index contributed by atoms with van der Waals surface area (Å²) in [4.78, 5) is 14.9. The van der Waals surface area contributed by atoms with E-state index in [9.17, 15) is 4.79 Å². The van der Waals surface area contributed by atoms with Crippen molar-refractivity contribution in [1.82, 2.24) is 14.8 Å². The van der Waals surface area contributed by atoms with Crippen LogP contribution in [-0.4, -0.2) is 32.5 Å². The van der Waals surface area contributed by atoms with Gasteiger partial charge in [0.15, 0.2) is 11.0 Å². The molecule has 1 heterocycles. The van der Waals surface area contributed by atoms with Gasteiger partial charge in [0, 0.05) is 24.3 Å². The number of amides is 1. The van der Waals surface area contributed by atoms with Crippen LogP contribution in [0.15, 0.2) is 59.8 Å². The molecule has 0 saturated carbocycles. The van der Waals surface area contributed by atoms with Gasteiger partial charge in [-0.15, -0.1) is 10.2 Å². The number of aryl methyl sites for hydroxylation is 1.